The van der Waals surface area contributed by atoms with Gasteiger partial charge in [0.15, 0.2) is 0 Å². The second-order valence-corrected chi connectivity index (χ2v) is 4.75. The topological polar surface area (TPSA) is 69.6 Å². The number of nitrogens with one attached hydrogen (secondary N) is 1. The maximum atomic E-state index is 12.0. The van der Waals surface area contributed by atoms with Crippen LogP contribution in [-0.4, -0.2) is 48.1 Å². The van der Waals surface area contributed by atoms with Gasteiger partial charge < -0.3 is 15.3 Å². The third-order valence-electron chi connectivity index (χ3n) is 3.38. The van der Waals surface area contributed by atoms with Crippen molar-refractivity contribution in [1.29, 1.82) is 0 Å². The predicted octanol–water partition coefficient (Wildman–Crippen LogP) is -0.0809. The standard InChI is InChI=1S/C11H18N2O3/c14-10(15)4-8-6-13(7-8)11(16)9-2-1-3-12-5-9/h8-9,12H,1-7H2,(H,14,15)/t9-/m0/s1. The van der Waals surface area contributed by atoms with Gasteiger partial charge in [0.05, 0.1) is 12.3 Å². The van der Waals surface area contributed by atoms with Crippen molar-refractivity contribution in [1.82, 2.24) is 10.2 Å². The van der Waals surface area contributed by atoms with E-state index in [9.17, 15) is 9.59 Å². The van der Waals surface area contributed by atoms with E-state index in [-0.39, 0.29) is 24.2 Å². The van der Waals surface area contributed by atoms with Crippen molar-refractivity contribution in [2.24, 2.45) is 11.8 Å². The highest BCUT2D eigenvalue weighted by atomic mass is 16.4. The van der Waals surface area contributed by atoms with E-state index < -0.39 is 5.97 Å². The lowest BCUT2D eigenvalue weighted by molar-refractivity contribution is -0.147. The summed E-state index contributed by atoms with van der Waals surface area (Å²) in [6, 6.07) is 0. The van der Waals surface area contributed by atoms with Crippen LogP contribution in [0.3, 0.4) is 0 Å². The molecule has 2 aliphatic rings. The van der Waals surface area contributed by atoms with Gasteiger partial charge in [-0.25, -0.2) is 0 Å². The molecule has 0 bridgehead atoms. The van der Waals surface area contributed by atoms with Crippen LogP contribution in [-0.2, 0) is 9.59 Å². The first-order chi connectivity index (χ1) is 7.66. The highest BCUT2D eigenvalue weighted by molar-refractivity contribution is 5.80. The molecule has 1 atom stereocenters. The van der Waals surface area contributed by atoms with E-state index in [2.05, 4.69) is 5.32 Å². The number of hydrogen-bond donors (Lipinski definition) is 2. The summed E-state index contributed by atoms with van der Waals surface area (Å²) in [5.41, 5.74) is 0. The van der Waals surface area contributed by atoms with E-state index in [0.29, 0.717) is 13.1 Å². The summed E-state index contributed by atoms with van der Waals surface area (Å²) in [7, 11) is 0. The van der Waals surface area contributed by atoms with Crippen LogP contribution in [0.5, 0.6) is 0 Å². The number of aliphatic carboxylic acids is 1. The monoisotopic (exact) mass is 226 g/mol. The average Bonchev–Trinajstić information content (AvgIpc) is 2.23. The van der Waals surface area contributed by atoms with Gasteiger partial charge in [0.2, 0.25) is 5.91 Å². The van der Waals surface area contributed by atoms with E-state index in [1.165, 1.54) is 0 Å². The van der Waals surface area contributed by atoms with E-state index >= 15 is 0 Å². The first-order valence-corrected chi connectivity index (χ1v) is 5.88. The van der Waals surface area contributed by atoms with Crippen LogP contribution in [0.15, 0.2) is 0 Å². The SMILES string of the molecule is O=C(O)CC1CN(C(=O)[C@H]2CCCNC2)C1. The van der Waals surface area contributed by atoms with E-state index in [1.54, 1.807) is 4.90 Å². The summed E-state index contributed by atoms with van der Waals surface area (Å²) in [6.45, 7) is 3.04. The van der Waals surface area contributed by atoms with E-state index in [4.69, 9.17) is 5.11 Å². The molecule has 0 aliphatic carbocycles. The minimum atomic E-state index is -0.767. The third kappa shape index (κ3) is 2.52. The van der Waals surface area contributed by atoms with Crippen molar-refractivity contribution in [3.05, 3.63) is 0 Å². The third-order valence-corrected chi connectivity index (χ3v) is 3.38. The maximum Gasteiger partial charge on any atom is 0.303 e. The minimum absolute atomic E-state index is 0.111. The summed E-state index contributed by atoms with van der Waals surface area (Å²) in [4.78, 5) is 24.2. The predicted molar refractivity (Wildman–Crippen MR) is 57.9 cm³/mol. The first-order valence-electron chi connectivity index (χ1n) is 5.88. The molecule has 2 saturated heterocycles. The number of amides is 1. The van der Waals surface area contributed by atoms with Crippen LogP contribution in [0.1, 0.15) is 19.3 Å². The second-order valence-electron chi connectivity index (χ2n) is 4.75. The molecule has 0 saturated carbocycles. The van der Waals surface area contributed by atoms with Crippen LogP contribution in [0, 0.1) is 11.8 Å². The molecule has 0 spiro atoms. The molecule has 0 unspecified atom stereocenters. The van der Waals surface area contributed by atoms with Crippen LogP contribution in [0.2, 0.25) is 0 Å². The normalized spacial score (nSPS) is 26.2. The molecular weight excluding hydrogens is 208 g/mol. The van der Waals surface area contributed by atoms with Crippen molar-refractivity contribution in [3.8, 4) is 0 Å². The zero-order chi connectivity index (χ0) is 11.5. The molecule has 2 rings (SSSR count). The number of carboxylic acids is 1. The summed E-state index contributed by atoms with van der Waals surface area (Å²) < 4.78 is 0. The van der Waals surface area contributed by atoms with Crippen LogP contribution < -0.4 is 5.32 Å². The van der Waals surface area contributed by atoms with E-state index in [0.717, 1.165) is 25.9 Å². The number of carboxylic acid groups (broad SMARTS) is 1. The summed E-state index contributed by atoms with van der Waals surface area (Å²) in [5, 5.41) is 11.8. The van der Waals surface area contributed by atoms with Crippen LogP contribution in [0.25, 0.3) is 0 Å². The maximum absolute atomic E-state index is 12.0. The molecule has 2 N–H and O–H groups in total. The zero-order valence-corrected chi connectivity index (χ0v) is 9.32. The molecule has 5 heteroatoms. The lowest BCUT2D eigenvalue weighted by Crippen LogP contribution is -2.54. The van der Waals surface area contributed by atoms with Gasteiger partial charge in [-0.05, 0) is 19.4 Å². The highest BCUT2D eigenvalue weighted by Crippen LogP contribution is 2.23. The number of rotatable bonds is 3. The van der Waals surface area contributed by atoms with Gasteiger partial charge in [0, 0.05) is 25.6 Å². The fraction of sp³-hybridized carbons (Fsp3) is 0.818. The fourth-order valence-electron chi connectivity index (χ4n) is 2.45. The Bertz CT molecular complexity index is 281. The van der Waals surface area contributed by atoms with Crippen LogP contribution >= 0.6 is 0 Å². The lowest BCUT2D eigenvalue weighted by Gasteiger charge is -2.41. The smallest absolute Gasteiger partial charge is 0.303 e. The number of hydrogen-bond acceptors (Lipinski definition) is 3. The molecule has 0 radical (unpaired) electrons. The van der Waals surface area contributed by atoms with Gasteiger partial charge in [-0.1, -0.05) is 0 Å². The number of carbonyl (C=O) groups is 2. The van der Waals surface area contributed by atoms with Crippen molar-refractivity contribution < 1.29 is 14.7 Å². The number of nitrogens with zero attached hydrogens (tertiary/aromatic N) is 1. The molecule has 2 aliphatic heterocycles. The molecule has 2 fully saturated rings. The molecule has 5 nitrogen and oxygen atoms in total. The largest absolute Gasteiger partial charge is 0.481 e. The zero-order valence-electron chi connectivity index (χ0n) is 9.32. The second kappa shape index (κ2) is 4.82. The molecule has 0 aromatic carbocycles. The summed E-state index contributed by atoms with van der Waals surface area (Å²) in [5.74, 6) is -0.289. The number of piperidine rings is 1. The van der Waals surface area contributed by atoms with Gasteiger partial charge in [-0.3, -0.25) is 9.59 Å². The van der Waals surface area contributed by atoms with E-state index in [1.807, 2.05) is 0 Å². The Balaban J connectivity index is 1.74. The molecular formula is C11H18N2O3. The number of carbonyl (C=O) groups excluding carboxylic acids is 1. The Morgan fingerprint density at radius 2 is 2.12 bits per heavy atom. The average molecular weight is 226 g/mol. The quantitative estimate of drug-likeness (QED) is 0.706. The van der Waals surface area contributed by atoms with Gasteiger partial charge >= 0.3 is 5.97 Å². The summed E-state index contributed by atoms with van der Waals surface area (Å²) in [6.07, 6.45) is 2.21. The van der Waals surface area contributed by atoms with Crippen molar-refractivity contribution in [3.63, 3.8) is 0 Å². The molecule has 1 amide bonds. The van der Waals surface area contributed by atoms with Crippen LogP contribution in [0.4, 0.5) is 0 Å². The van der Waals surface area contributed by atoms with Crippen molar-refractivity contribution in [2.45, 2.75) is 19.3 Å². The number of likely N-dealkylation sites (tertiary alicyclic amines) is 1. The Labute approximate surface area is 94.8 Å². The molecule has 16 heavy (non-hydrogen) atoms. The van der Waals surface area contributed by atoms with Crippen molar-refractivity contribution >= 4 is 11.9 Å². The molecule has 0 aromatic heterocycles. The fourth-order valence-corrected chi connectivity index (χ4v) is 2.45. The van der Waals surface area contributed by atoms with Gasteiger partial charge in [0.25, 0.3) is 0 Å². The van der Waals surface area contributed by atoms with Gasteiger partial charge in [0.1, 0.15) is 0 Å². The highest BCUT2D eigenvalue weighted by Gasteiger charge is 2.35. The Kier molecular flexibility index (Phi) is 3.43. The Hall–Kier alpha value is -1.10. The lowest BCUT2D eigenvalue weighted by atomic mass is 9.91. The molecule has 90 valence electrons. The first kappa shape index (κ1) is 11.4. The van der Waals surface area contributed by atoms with Gasteiger partial charge in [-0.15, -0.1) is 0 Å². The van der Waals surface area contributed by atoms with Crippen molar-refractivity contribution in [2.75, 3.05) is 26.2 Å². The molecule has 0 aromatic rings. The Morgan fingerprint density at radius 3 is 2.69 bits per heavy atom. The minimum Gasteiger partial charge on any atom is -0.481 e. The van der Waals surface area contributed by atoms with Gasteiger partial charge in [-0.2, -0.15) is 0 Å². The Morgan fingerprint density at radius 1 is 1.38 bits per heavy atom. The molecule has 2 heterocycles. The summed E-state index contributed by atoms with van der Waals surface area (Å²) >= 11 is 0.